The molecular formula is C16H11F3N2O3. The third-order valence-corrected chi connectivity index (χ3v) is 3.59. The smallest absolute Gasteiger partial charge is 0.408 e. The fourth-order valence-corrected chi connectivity index (χ4v) is 2.26. The lowest BCUT2D eigenvalue weighted by atomic mass is 10.1. The van der Waals surface area contributed by atoms with Crippen LogP contribution >= 0.6 is 0 Å². The molecule has 0 bridgehead atoms. The molecule has 0 aliphatic rings. The summed E-state index contributed by atoms with van der Waals surface area (Å²) in [6.07, 6.45) is 0. The van der Waals surface area contributed by atoms with Gasteiger partial charge in [0.2, 0.25) is 0 Å². The van der Waals surface area contributed by atoms with Crippen LogP contribution < -0.4 is 11.1 Å². The third kappa shape index (κ3) is 2.66. The van der Waals surface area contributed by atoms with Gasteiger partial charge < -0.3 is 9.73 Å². The van der Waals surface area contributed by atoms with Crippen LogP contribution in [0.3, 0.4) is 0 Å². The highest BCUT2D eigenvalue weighted by molar-refractivity contribution is 5.94. The molecule has 3 aromatic rings. The number of nitrogens with zero attached hydrogens (tertiary/aromatic N) is 1. The van der Waals surface area contributed by atoms with Gasteiger partial charge in [0.15, 0.2) is 23.0 Å². The maximum atomic E-state index is 13.6. The number of hydrogen-bond donors (Lipinski definition) is 1. The summed E-state index contributed by atoms with van der Waals surface area (Å²) in [5.41, 5.74) is 0.955. The molecule has 0 saturated heterocycles. The van der Waals surface area contributed by atoms with E-state index >= 15 is 0 Å². The van der Waals surface area contributed by atoms with Gasteiger partial charge in [0.1, 0.15) is 0 Å². The maximum absolute atomic E-state index is 13.6. The van der Waals surface area contributed by atoms with Crippen LogP contribution in [0, 0.1) is 17.5 Å². The molecule has 5 nitrogen and oxygen atoms in total. The van der Waals surface area contributed by atoms with Gasteiger partial charge in [-0.05, 0) is 29.8 Å². The van der Waals surface area contributed by atoms with E-state index in [9.17, 15) is 22.8 Å². The molecule has 124 valence electrons. The average Bonchev–Trinajstić information content (AvgIpc) is 2.85. The molecule has 1 heterocycles. The Morgan fingerprint density at radius 3 is 2.67 bits per heavy atom. The van der Waals surface area contributed by atoms with E-state index < -0.39 is 34.7 Å². The number of aromatic nitrogens is 1. The number of carbonyl (C=O) groups excluding carboxylic acids is 1. The van der Waals surface area contributed by atoms with Gasteiger partial charge in [0.05, 0.1) is 11.1 Å². The maximum Gasteiger partial charge on any atom is 0.419 e. The quantitative estimate of drug-likeness (QED) is 0.748. The van der Waals surface area contributed by atoms with Crippen LogP contribution in [0.2, 0.25) is 0 Å². The first-order valence-electron chi connectivity index (χ1n) is 6.88. The van der Waals surface area contributed by atoms with Crippen molar-refractivity contribution < 1.29 is 22.4 Å². The van der Waals surface area contributed by atoms with Crippen LogP contribution in [-0.2, 0) is 13.6 Å². The van der Waals surface area contributed by atoms with Crippen molar-refractivity contribution in [3.63, 3.8) is 0 Å². The molecule has 24 heavy (non-hydrogen) atoms. The van der Waals surface area contributed by atoms with Crippen LogP contribution in [0.15, 0.2) is 39.5 Å². The molecule has 8 heteroatoms. The zero-order chi connectivity index (χ0) is 17.4. The number of fused-ring (bicyclic) bond motifs is 1. The SMILES string of the molecule is Cn1c(=O)oc2ccc(CNC(=O)c3ccc(F)c(F)c3F)cc21. The Hall–Kier alpha value is -3.03. The van der Waals surface area contributed by atoms with Gasteiger partial charge in [-0.25, -0.2) is 18.0 Å². The van der Waals surface area contributed by atoms with Crippen molar-refractivity contribution in [1.29, 1.82) is 0 Å². The molecule has 3 rings (SSSR count). The van der Waals surface area contributed by atoms with E-state index in [-0.39, 0.29) is 6.54 Å². The zero-order valence-electron chi connectivity index (χ0n) is 12.4. The topological polar surface area (TPSA) is 64.2 Å². The summed E-state index contributed by atoms with van der Waals surface area (Å²) in [6.45, 7) is 0.00653. The number of oxazole rings is 1. The first kappa shape index (κ1) is 15.9. The number of nitrogens with one attached hydrogen (secondary N) is 1. The Balaban J connectivity index is 1.81. The van der Waals surface area contributed by atoms with Crippen LogP contribution in [0.25, 0.3) is 11.1 Å². The van der Waals surface area contributed by atoms with E-state index in [2.05, 4.69) is 5.32 Å². The molecule has 0 unspecified atom stereocenters. The summed E-state index contributed by atoms with van der Waals surface area (Å²) in [7, 11) is 1.53. The predicted octanol–water partition coefficient (Wildman–Crippen LogP) is 2.48. The highest BCUT2D eigenvalue weighted by atomic mass is 19.2. The zero-order valence-corrected chi connectivity index (χ0v) is 12.4. The molecule has 1 amide bonds. The lowest BCUT2D eigenvalue weighted by Gasteiger charge is -2.07. The van der Waals surface area contributed by atoms with Crippen LogP contribution in [-0.4, -0.2) is 10.5 Å². The fraction of sp³-hybridized carbons (Fsp3) is 0.125. The van der Waals surface area contributed by atoms with Crippen molar-refractivity contribution in [3.05, 3.63) is 69.5 Å². The second kappa shape index (κ2) is 5.88. The monoisotopic (exact) mass is 336 g/mol. The molecule has 0 radical (unpaired) electrons. The summed E-state index contributed by atoms with van der Waals surface area (Å²) in [5, 5.41) is 2.41. The number of halogens is 3. The summed E-state index contributed by atoms with van der Waals surface area (Å²) in [5.74, 6) is -6.00. The highest BCUT2D eigenvalue weighted by Gasteiger charge is 2.18. The fourth-order valence-electron chi connectivity index (χ4n) is 2.26. The summed E-state index contributed by atoms with van der Waals surface area (Å²) >= 11 is 0. The second-order valence-corrected chi connectivity index (χ2v) is 5.13. The molecule has 0 saturated carbocycles. The Morgan fingerprint density at radius 1 is 1.17 bits per heavy atom. The molecule has 0 aliphatic heterocycles. The van der Waals surface area contributed by atoms with Gasteiger partial charge in [-0.1, -0.05) is 6.07 Å². The van der Waals surface area contributed by atoms with Crippen LogP contribution in [0.1, 0.15) is 15.9 Å². The first-order valence-corrected chi connectivity index (χ1v) is 6.88. The number of amides is 1. The van der Waals surface area contributed by atoms with Crippen LogP contribution in [0.4, 0.5) is 13.2 Å². The molecule has 0 fully saturated rings. The molecule has 1 aromatic heterocycles. The number of benzene rings is 2. The molecule has 0 aliphatic carbocycles. The Morgan fingerprint density at radius 2 is 1.92 bits per heavy atom. The van der Waals surface area contributed by atoms with Crippen molar-refractivity contribution >= 4 is 17.0 Å². The minimum Gasteiger partial charge on any atom is -0.408 e. The van der Waals surface area contributed by atoms with Crippen molar-refractivity contribution in [2.45, 2.75) is 6.54 Å². The van der Waals surface area contributed by atoms with E-state index in [0.717, 1.165) is 6.07 Å². The van der Waals surface area contributed by atoms with Gasteiger partial charge in [0.25, 0.3) is 5.91 Å². The Labute approximate surface area is 133 Å². The normalized spacial score (nSPS) is 11.0. The summed E-state index contributed by atoms with van der Waals surface area (Å²) in [6, 6.07) is 6.36. The number of rotatable bonds is 3. The molecule has 2 aromatic carbocycles. The van der Waals surface area contributed by atoms with E-state index in [0.29, 0.717) is 22.7 Å². The Bertz CT molecular complexity index is 1010. The minimum atomic E-state index is -1.70. The van der Waals surface area contributed by atoms with Crippen molar-refractivity contribution in [1.82, 2.24) is 9.88 Å². The van der Waals surface area contributed by atoms with Gasteiger partial charge in [-0.15, -0.1) is 0 Å². The summed E-state index contributed by atoms with van der Waals surface area (Å²) < 4.78 is 45.9. The van der Waals surface area contributed by atoms with Gasteiger partial charge >= 0.3 is 5.76 Å². The van der Waals surface area contributed by atoms with Crippen molar-refractivity contribution in [3.8, 4) is 0 Å². The second-order valence-electron chi connectivity index (χ2n) is 5.13. The lowest BCUT2D eigenvalue weighted by Crippen LogP contribution is -2.24. The standard InChI is InChI=1S/C16H11F3N2O3/c1-21-11-6-8(2-5-12(11)24-16(21)23)7-20-15(22)9-3-4-10(17)14(19)13(9)18/h2-6H,7H2,1H3,(H,20,22). The van der Waals surface area contributed by atoms with Crippen molar-refractivity contribution in [2.75, 3.05) is 0 Å². The number of aryl methyl sites for hydroxylation is 1. The lowest BCUT2D eigenvalue weighted by molar-refractivity contribution is 0.0945. The first-order chi connectivity index (χ1) is 11.4. The van der Waals surface area contributed by atoms with Crippen molar-refractivity contribution in [2.24, 2.45) is 7.05 Å². The predicted molar refractivity (Wildman–Crippen MR) is 78.9 cm³/mol. The molecule has 1 N–H and O–H groups in total. The Kier molecular flexibility index (Phi) is 3.88. The third-order valence-electron chi connectivity index (χ3n) is 3.59. The highest BCUT2D eigenvalue weighted by Crippen LogP contribution is 2.16. The van der Waals surface area contributed by atoms with Gasteiger partial charge in [-0.3, -0.25) is 9.36 Å². The van der Waals surface area contributed by atoms with Crippen LogP contribution in [0.5, 0.6) is 0 Å². The average molecular weight is 336 g/mol. The number of carbonyl (C=O) groups is 1. The minimum absolute atomic E-state index is 0.00653. The van der Waals surface area contributed by atoms with E-state index in [1.807, 2.05) is 0 Å². The molecular weight excluding hydrogens is 325 g/mol. The largest absolute Gasteiger partial charge is 0.419 e. The van der Waals surface area contributed by atoms with E-state index in [4.69, 9.17) is 4.42 Å². The summed E-state index contributed by atoms with van der Waals surface area (Å²) in [4.78, 5) is 23.3. The van der Waals surface area contributed by atoms with E-state index in [1.54, 1.807) is 18.2 Å². The molecule has 0 spiro atoms. The van der Waals surface area contributed by atoms with Gasteiger partial charge in [-0.2, -0.15) is 0 Å². The van der Waals surface area contributed by atoms with Gasteiger partial charge in [0, 0.05) is 13.6 Å². The molecule has 0 atom stereocenters. The number of hydrogen-bond acceptors (Lipinski definition) is 3. The van der Waals surface area contributed by atoms with E-state index in [1.165, 1.54) is 11.6 Å².